The molecule has 1 unspecified atom stereocenters. The highest BCUT2D eigenvalue weighted by molar-refractivity contribution is 8.00. The predicted molar refractivity (Wildman–Crippen MR) is 66.0 cm³/mol. The molecule has 0 aliphatic carbocycles. The Morgan fingerprint density at radius 1 is 1.36 bits per heavy atom. The summed E-state index contributed by atoms with van der Waals surface area (Å²) in [4.78, 5) is 0. The smallest absolute Gasteiger partial charge is 0.0431 e. The summed E-state index contributed by atoms with van der Waals surface area (Å²) in [6.07, 6.45) is 1.97. The van der Waals surface area contributed by atoms with E-state index in [-0.39, 0.29) is 0 Å². The number of aliphatic hydroxyl groups is 1. The standard InChI is InChI=1S/C11H25NOS/c1-10(6-5-8-13)12-7-9-14-11(2,3)4/h10,12-13H,5-9H2,1-4H3. The maximum absolute atomic E-state index is 8.66. The van der Waals surface area contributed by atoms with E-state index in [0.29, 0.717) is 17.4 Å². The van der Waals surface area contributed by atoms with Gasteiger partial charge in [-0.25, -0.2) is 0 Å². The fourth-order valence-corrected chi connectivity index (χ4v) is 1.99. The van der Waals surface area contributed by atoms with E-state index in [4.69, 9.17) is 5.11 Å². The van der Waals surface area contributed by atoms with E-state index in [1.54, 1.807) is 0 Å². The summed E-state index contributed by atoms with van der Waals surface area (Å²) in [5, 5.41) is 12.1. The van der Waals surface area contributed by atoms with Crippen LogP contribution in [0.3, 0.4) is 0 Å². The van der Waals surface area contributed by atoms with Gasteiger partial charge in [-0.1, -0.05) is 20.8 Å². The van der Waals surface area contributed by atoms with Crippen molar-refractivity contribution < 1.29 is 5.11 Å². The first-order chi connectivity index (χ1) is 6.45. The molecule has 0 aromatic rings. The third-order valence-electron chi connectivity index (χ3n) is 1.93. The van der Waals surface area contributed by atoms with Crippen molar-refractivity contribution >= 4 is 11.8 Å². The summed E-state index contributed by atoms with van der Waals surface area (Å²) in [6.45, 7) is 10.3. The van der Waals surface area contributed by atoms with E-state index in [9.17, 15) is 0 Å². The molecule has 86 valence electrons. The molecule has 2 nitrogen and oxygen atoms in total. The molecule has 0 spiro atoms. The van der Waals surface area contributed by atoms with Crippen LogP contribution in [0.1, 0.15) is 40.5 Å². The molecule has 0 heterocycles. The number of rotatable bonds is 7. The van der Waals surface area contributed by atoms with Crippen LogP contribution in [-0.4, -0.2) is 34.8 Å². The molecule has 0 aromatic carbocycles. The van der Waals surface area contributed by atoms with Crippen LogP contribution < -0.4 is 5.32 Å². The van der Waals surface area contributed by atoms with Gasteiger partial charge < -0.3 is 10.4 Å². The predicted octanol–water partition coefficient (Wildman–Crippen LogP) is 2.27. The number of hydrogen-bond acceptors (Lipinski definition) is 3. The SMILES string of the molecule is CC(CCCO)NCCSC(C)(C)C. The summed E-state index contributed by atoms with van der Waals surface area (Å²) < 4.78 is 0.371. The van der Waals surface area contributed by atoms with Crippen molar-refractivity contribution in [2.24, 2.45) is 0 Å². The largest absolute Gasteiger partial charge is 0.396 e. The zero-order chi connectivity index (χ0) is 11.0. The highest BCUT2D eigenvalue weighted by atomic mass is 32.2. The first kappa shape index (κ1) is 14.3. The van der Waals surface area contributed by atoms with E-state index < -0.39 is 0 Å². The van der Waals surface area contributed by atoms with Crippen molar-refractivity contribution in [1.29, 1.82) is 0 Å². The van der Waals surface area contributed by atoms with E-state index in [1.165, 1.54) is 0 Å². The van der Waals surface area contributed by atoms with Gasteiger partial charge in [0.2, 0.25) is 0 Å². The Hall–Kier alpha value is 0.270. The topological polar surface area (TPSA) is 32.3 Å². The Labute approximate surface area is 92.9 Å². The lowest BCUT2D eigenvalue weighted by Crippen LogP contribution is -2.29. The molecule has 0 amide bonds. The van der Waals surface area contributed by atoms with E-state index in [1.807, 2.05) is 11.8 Å². The minimum absolute atomic E-state index is 0.308. The number of aliphatic hydroxyl groups excluding tert-OH is 1. The lowest BCUT2D eigenvalue weighted by molar-refractivity contribution is 0.277. The molecule has 0 saturated heterocycles. The van der Waals surface area contributed by atoms with Crippen molar-refractivity contribution in [3.63, 3.8) is 0 Å². The zero-order valence-corrected chi connectivity index (χ0v) is 10.8. The van der Waals surface area contributed by atoms with E-state index in [2.05, 4.69) is 33.0 Å². The Balaban J connectivity index is 3.27. The first-order valence-corrected chi connectivity index (χ1v) is 6.42. The minimum atomic E-state index is 0.308. The lowest BCUT2D eigenvalue weighted by atomic mass is 10.2. The molecule has 0 radical (unpaired) electrons. The normalized spacial score (nSPS) is 14.4. The molecule has 1 atom stereocenters. The molecule has 0 aromatic heterocycles. The first-order valence-electron chi connectivity index (χ1n) is 5.44. The van der Waals surface area contributed by atoms with Gasteiger partial charge in [-0.3, -0.25) is 0 Å². The van der Waals surface area contributed by atoms with Gasteiger partial charge in [0.15, 0.2) is 0 Å². The second-order valence-electron chi connectivity index (χ2n) is 4.68. The Bertz CT molecular complexity index is 134. The summed E-state index contributed by atoms with van der Waals surface area (Å²) in [7, 11) is 0. The van der Waals surface area contributed by atoms with Gasteiger partial charge in [0, 0.05) is 29.7 Å². The van der Waals surface area contributed by atoms with Crippen LogP contribution in [0.25, 0.3) is 0 Å². The van der Waals surface area contributed by atoms with Gasteiger partial charge >= 0.3 is 0 Å². The maximum atomic E-state index is 8.66. The van der Waals surface area contributed by atoms with Gasteiger partial charge in [-0.2, -0.15) is 11.8 Å². The summed E-state index contributed by atoms with van der Waals surface area (Å²) in [5.74, 6) is 1.16. The summed E-state index contributed by atoms with van der Waals surface area (Å²) in [6, 6.07) is 0.530. The van der Waals surface area contributed by atoms with Crippen molar-refractivity contribution in [2.75, 3.05) is 18.9 Å². The van der Waals surface area contributed by atoms with Gasteiger partial charge in [0.05, 0.1) is 0 Å². The fraction of sp³-hybridized carbons (Fsp3) is 1.00. The molecule has 0 aliphatic rings. The van der Waals surface area contributed by atoms with Crippen LogP contribution in [0.5, 0.6) is 0 Å². The Morgan fingerprint density at radius 2 is 2.00 bits per heavy atom. The van der Waals surface area contributed by atoms with E-state index >= 15 is 0 Å². The fourth-order valence-electron chi connectivity index (χ4n) is 1.16. The second-order valence-corrected chi connectivity index (χ2v) is 6.60. The third kappa shape index (κ3) is 10.4. The number of hydrogen-bond donors (Lipinski definition) is 2. The second kappa shape index (κ2) is 7.55. The maximum Gasteiger partial charge on any atom is 0.0431 e. The molecular formula is C11H25NOS. The van der Waals surface area contributed by atoms with E-state index in [0.717, 1.165) is 25.1 Å². The van der Waals surface area contributed by atoms with Gasteiger partial charge in [-0.15, -0.1) is 0 Å². The van der Waals surface area contributed by atoms with Gasteiger partial charge in [0.1, 0.15) is 0 Å². The van der Waals surface area contributed by atoms with Crippen LogP contribution in [0.2, 0.25) is 0 Å². The molecule has 3 heteroatoms. The number of nitrogens with one attached hydrogen (secondary N) is 1. The van der Waals surface area contributed by atoms with Gasteiger partial charge in [-0.05, 0) is 19.8 Å². The zero-order valence-electron chi connectivity index (χ0n) is 9.97. The Morgan fingerprint density at radius 3 is 2.50 bits per heavy atom. The monoisotopic (exact) mass is 219 g/mol. The quantitative estimate of drug-likeness (QED) is 0.644. The van der Waals surface area contributed by atoms with Crippen molar-refractivity contribution in [3.05, 3.63) is 0 Å². The molecule has 0 rings (SSSR count). The van der Waals surface area contributed by atoms with Crippen LogP contribution >= 0.6 is 11.8 Å². The van der Waals surface area contributed by atoms with Crippen LogP contribution in [-0.2, 0) is 0 Å². The average Bonchev–Trinajstić information content (AvgIpc) is 2.07. The molecule has 0 saturated carbocycles. The highest BCUT2D eigenvalue weighted by Crippen LogP contribution is 2.22. The lowest BCUT2D eigenvalue weighted by Gasteiger charge is -2.19. The molecular weight excluding hydrogens is 194 g/mol. The highest BCUT2D eigenvalue weighted by Gasteiger charge is 2.09. The number of thioether (sulfide) groups is 1. The van der Waals surface area contributed by atoms with Crippen LogP contribution in [0.15, 0.2) is 0 Å². The minimum Gasteiger partial charge on any atom is -0.396 e. The van der Waals surface area contributed by atoms with Crippen molar-refractivity contribution in [1.82, 2.24) is 5.32 Å². The van der Waals surface area contributed by atoms with Crippen molar-refractivity contribution in [3.8, 4) is 0 Å². The van der Waals surface area contributed by atoms with Crippen LogP contribution in [0, 0.1) is 0 Å². The molecule has 0 aliphatic heterocycles. The van der Waals surface area contributed by atoms with Gasteiger partial charge in [0.25, 0.3) is 0 Å². The molecule has 0 bridgehead atoms. The molecule has 0 fully saturated rings. The average molecular weight is 219 g/mol. The Kier molecular flexibility index (Phi) is 7.69. The van der Waals surface area contributed by atoms with Crippen LogP contribution in [0.4, 0.5) is 0 Å². The molecule has 2 N–H and O–H groups in total. The third-order valence-corrected chi connectivity index (χ3v) is 3.20. The summed E-state index contributed by atoms with van der Waals surface area (Å²) in [5.41, 5.74) is 0. The summed E-state index contributed by atoms with van der Waals surface area (Å²) >= 11 is 1.99. The van der Waals surface area contributed by atoms with Crippen molar-refractivity contribution in [2.45, 2.75) is 51.3 Å². The molecule has 14 heavy (non-hydrogen) atoms.